The van der Waals surface area contributed by atoms with Crippen molar-refractivity contribution in [3.05, 3.63) is 39.9 Å². The Morgan fingerprint density at radius 1 is 1.24 bits per heavy atom. The lowest BCUT2D eigenvalue weighted by Gasteiger charge is -1.98. The van der Waals surface area contributed by atoms with Crippen molar-refractivity contribution in [1.29, 1.82) is 0 Å². The summed E-state index contributed by atoms with van der Waals surface area (Å²) in [7, 11) is 0. The summed E-state index contributed by atoms with van der Waals surface area (Å²) in [6.07, 6.45) is 2.68. The SMILES string of the molecule is O=C(O)CCC(=O)C=Cc1ccc(Cl)cc1Cl. The fourth-order valence-corrected chi connectivity index (χ4v) is 1.60. The maximum atomic E-state index is 11.3. The molecular formula is C12H10Cl2O3. The Balaban J connectivity index is 2.64. The maximum absolute atomic E-state index is 11.3. The first kappa shape index (κ1) is 13.7. The van der Waals surface area contributed by atoms with Crippen LogP contribution in [0.3, 0.4) is 0 Å². The third-order valence-corrected chi connectivity index (χ3v) is 2.56. The van der Waals surface area contributed by atoms with Crippen molar-refractivity contribution in [3.63, 3.8) is 0 Å². The lowest BCUT2D eigenvalue weighted by Crippen LogP contribution is -2.00. The largest absolute Gasteiger partial charge is 0.481 e. The van der Waals surface area contributed by atoms with Gasteiger partial charge < -0.3 is 5.11 Å². The van der Waals surface area contributed by atoms with Crippen LogP contribution in [0.2, 0.25) is 10.0 Å². The van der Waals surface area contributed by atoms with Crippen LogP contribution in [0.5, 0.6) is 0 Å². The first-order chi connectivity index (χ1) is 7.99. The minimum absolute atomic E-state index is 0.0168. The molecule has 0 amide bonds. The molecule has 0 aliphatic rings. The smallest absolute Gasteiger partial charge is 0.303 e. The van der Waals surface area contributed by atoms with E-state index in [4.69, 9.17) is 28.3 Å². The van der Waals surface area contributed by atoms with Gasteiger partial charge in [0.1, 0.15) is 0 Å². The number of rotatable bonds is 5. The van der Waals surface area contributed by atoms with Crippen LogP contribution in [-0.4, -0.2) is 16.9 Å². The number of allylic oxidation sites excluding steroid dienone is 1. The predicted molar refractivity (Wildman–Crippen MR) is 67.4 cm³/mol. The van der Waals surface area contributed by atoms with Gasteiger partial charge in [0.25, 0.3) is 0 Å². The van der Waals surface area contributed by atoms with Crippen LogP contribution < -0.4 is 0 Å². The Kier molecular flexibility index (Phi) is 5.19. The highest BCUT2D eigenvalue weighted by Gasteiger charge is 2.03. The summed E-state index contributed by atoms with van der Waals surface area (Å²) in [6.45, 7) is 0. The van der Waals surface area contributed by atoms with Crippen molar-refractivity contribution < 1.29 is 14.7 Å². The fraction of sp³-hybridized carbons (Fsp3) is 0.167. The molecule has 0 heterocycles. The molecule has 17 heavy (non-hydrogen) atoms. The molecule has 0 aliphatic heterocycles. The first-order valence-electron chi connectivity index (χ1n) is 4.87. The van der Waals surface area contributed by atoms with Crippen LogP contribution in [0.25, 0.3) is 6.08 Å². The molecule has 0 radical (unpaired) electrons. The zero-order chi connectivity index (χ0) is 12.8. The molecule has 0 aromatic heterocycles. The van der Waals surface area contributed by atoms with Gasteiger partial charge in [0.15, 0.2) is 5.78 Å². The third kappa shape index (κ3) is 5.02. The second-order valence-electron chi connectivity index (χ2n) is 3.36. The van der Waals surface area contributed by atoms with Gasteiger partial charge in [-0.3, -0.25) is 9.59 Å². The number of hydrogen-bond acceptors (Lipinski definition) is 2. The number of carboxylic acids is 1. The van der Waals surface area contributed by atoms with E-state index in [1.807, 2.05) is 0 Å². The van der Waals surface area contributed by atoms with Gasteiger partial charge in [-0.25, -0.2) is 0 Å². The molecule has 0 fully saturated rings. The van der Waals surface area contributed by atoms with Crippen LogP contribution in [0.15, 0.2) is 24.3 Å². The van der Waals surface area contributed by atoms with Crippen molar-refractivity contribution in [1.82, 2.24) is 0 Å². The topological polar surface area (TPSA) is 54.4 Å². The van der Waals surface area contributed by atoms with Gasteiger partial charge in [-0.05, 0) is 29.8 Å². The molecule has 1 aromatic rings. The zero-order valence-corrected chi connectivity index (χ0v) is 10.3. The molecule has 0 aliphatic carbocycles. The summed E-state index contributed by atoms with van der Waals surface area (Å²) < 4.78 is 0. The second-order valence-corrected chi connectivity index (χ2v) is 4.20. The predicted octanol–water partition coefficient (Wildman–Crippen LogP) is 3.44. The summed E-state index contributed by atoms with van der Waals surface area (Å²) in [6, 6.07) is 4.92. The van der Waals surface area contributed by atoms with E-state index >= 15 is 0 Å². The van der Waals surface area contributed by atoms with Gasteiger partial charge in [-0.15, -0.1) is 0 Å². The standard InChI is InChI=1S/C12H10Cl2O3/c13-9-3-1-8(11(14)7-9)2-4-10(15)5-6-12(16)17/h1-4,7H,5-6H2,(H,16,17). The van der Waals surface area contributed by atoms with E-state index in [1.54, 1.807) is 24.3 Å². The van der Waals surface area contributed by atoms with E-state index in [2.05, 4.69) is 0 Å². The molecule has 5 heteroatoms. The van der Waals surface area contributed by atoms with E-state index < -0.39 is 5.97 Å². The number of benzene rings is 1. The monoisotopic (exact) mass is 272 g/mol. The Bertz CT molecular complexity index is 467. The molecule has 0 bridgehead atoms. The van der Waals surface area contributed by atoms with Crippen LogP contribution in [0.1, 0.15) is 18.4 Å². The fourth-order valence-electron chi connectivity index (χ4n) is 1.13. The Morgan fingerprint density at radius 2 is 1.94 bits per heavy atom. The summed E-state index contributed by atoms with van der Waals surface area (Å²) in [4.78, 5) is 21.5. The molecular weight excluding hydrogens is 263 g/mol. The van der Waals surface area contributed by atoms with E-state index in [9.17, 15) is 9.59 Å². The summed E-state index contributed by atoms with van der Waals surface area (Å²) in [5.74, 6) is -1.24. The Labute approximate surface area is 109 Å². The highest BCUT2D eigenvalue weighted by Crippen LogP contribution is 2.21. The van der Waals surface area contributed by atoms with E-state index in [0.29, 0.717) is 15.6 Å². The van der Waals surface area contributed by atoms with Gasteiger partial charge in [-0.2, -0.15) is 0 Å². The second kappa shape index (κ2) is 6.42. The van der Waals surface area contributed by atoms with E-state index in [1.165, 1.54) is 6.08 Å². The van der Waals surface area contributed by atoms with Gasteiger partial charge >= 0.3 is 5.97 Å². The number of carboxylic acid groups (broad SMARTS) is 1. The summed E-state index contributed by atoms with van der Waals surface area (Å²) in [5, 5.41) is 9.37. The minimum atomic E-state index is -0.990. The average Bonchev–Trinajstić information content (AvgIpc) is 2.25. The van der Waals surface area contributed by atoms with Crippen molar-refractivity contribution >= 4 is 41.0 Å². The third-order valence-electron chi connectivity index (χ3n) is 2.00. The lowest BCUT2D eigenvalue weighted by molar-refractivity contribution is -0.138. The molecule has 90 valence electrons. The number of carbonyl (C=O) groups excluding carboxylic acids is 1. The summed E-state index contributed by atoms with van der Waals surface area (Å²) >= 11 is 11.6. The molecule has 0 saturated carbocycles. The highest BCUT2D eigenvalue weighted by molar-refractivity contribution is 6.35. The number of halogens is 2. The molecule has 1 N–H and O–H groups in total. The maximum Gasteiger partial charge on any atom is 0.303 e. The normalized spacial score (nSPS) is 10.7. The first-order valence-corrected chi connectivity index (χ1v) is 5.62. The molecule has 1 rings (SSSR count). The van der Waals surface area contributed by atoms with Crippen molar-refractivity contribution in [2.45, 2.75) is 12.8 Å². The van der Waals surface area contributed by atoms with Crippen LogP contribution in [-0.2, 0) is 9.59 Å². The Morgan fingerprint density at radius 3 is 2.53 bits per heavy atom. The van der Waals surface area contributed by atoms with Crippen molar-refractivity contribution in [3.8, 4) is 0 Å². The van der Waals surface area contributed by atoms with Crippen LogP contribution in [0, 0.1) is 0 Å². The van der Waals surface area contributed by atoms with Gasteiger partial charge in [0.2, 0.25) is 0 Å². The molecule has 1 aromatic carbocycles. The van der Waals surface area contributed by atoms with Crippen LogP contribution >= 0.6 is 23.2 Å². The average molecular weight is 273 g/mol. The highest BCUT2D eigenvalue weighted by atomic mass is 35.5. The number of hydrogen-bond donors (Lipinski definition) is 1. The number of aliphatic carboxylic acids is 1. The zero-order valence-electron chi connectivity index (χ0n) is 8.82. The molecule has 0 saturated heterocycles. The van der Waals surface area contributed by atoms with Gasteiger partial charge in [0.05, 0.1) is 6.42 Å². The molecule has 0 unspecified atom stereocenters. The minimum Gasteiger partial charge on any atom is -0.481 e. The van der Waals surface area contributed by atoms with E-state index in [0.717, 1.165) is 0 Å². The van der Waals surface area contributed by atoms with Crippen LogP contribution in [0.4, 0.5) is 0 Å². The quantitative estimate of drug-likeness (QED) is 0.836. The number of carbonyl (C=O) groups is 2. The summed E-state index contributed by atoms with van der Waals surface area (Å²) in [5.41, 5.74) is 0.666. The van der Waals surface area contributed by atoms with Gasteiger partial charge in [0, 0.05) is 16.5 Å². The molecule has 3 nitrogen and oxygen atoms in total. The molecule has 0 atom stereocenters. The van der Waals surface area contributed by atoms with Crippen molar-refractivity contribution in [2.24, 2.45) is 0 Å². The Hall–Kier alpha value is -1.32. The molecule has 0 spiro atoms. The van der Waals surface area contributed by atoms with E-state index in [-0.39, 0.29) is 18.6 Å². The number of ketones is 1. The van der Waals surface area contributed by atoms with Gasteiger partial charge in [-0.1, -0.05) is 29.3 Å². The lowest BCUT2D eigenvalue weighted by atomic mass is 10.1. The van der Waals surface area contributed by atoms with Crippen molar-refractivity contribution in [2.75, 3.05) is 0 Å².